The van der Waals surface area contributed by atoms with Gasteiger partial charge in [0.2, 0.25) is 0 Å². The zero-order valence-corrected chi connectivity index (χ0v) is 23.6. The van der Waals surface area contributed by atoms with Crippen molar-refractivity contribution in [1.29, 1.82) is 0 Å². The lowest BCUT2D eigenvalue weighted by Gasteiger charge is -2.38. The summed E-state index contributed by atoms with van der Waals surface area (Å²) in [4.78, 5) is 28.2. The van der Waals surface area contributed by atoms with Gasteiger partial charge in [-0.25, -0.2) is 0 Å². The minimum atomic E-state index is -1.03. The second-order valence-electron chi connectivity index (χ2n) is 10.7. The first-order valence-corrected chi connectivity index (χ1v) is 14.1. The maximum absolute atomic E-state index is 13.7. The summed E-state index contributed by atoms with van der Waals surface area (Å²) in [5, 5.41) is 22.8. The van der Waals surface area contributed by atoms with E-state index in [2.05, 4.69) is 35.4 Å². The van der Waals surface area contributed by atoms with Gasteiger partial charge in [-0.1, -0.05) is 25.1 Å². The third-order valence-corrected chi connectivity index (χ3v) is 9.05. The van der Waals surface area contributed by atoms with Crippen LogP contribution in [-0.4, -0.2) is 57.8 Å². The molecular formula is C29H37FN4O3S. The molecule has 38 heavy (non-hydrogen) atoms. The van der Waals surface area contributed by atoms with Gasteiger partial charge in [0.15, 0.2) is 11.6 Å². The molecule has 0 spiro atoms. The van der Waals surface area contributed by atoms with E-state index in [1.807, 2.05) is 32.0 Å². The van der Waals surface area contributed by atoms with Crippen LogP contribution in [0.15, 0.2) is 24.3 Å². The van der Waals surface area contributed by atoms with E-state index in [0.29, 0.717) is 49.5 Å². The molecule has 1 aliphatic heterocycles. The van der Waals surface area contributed by atoms with Crippen LogP contribution in [0.1, 0.15) is 78.1 Å². The SMILES string of the molecule is Cc1c(CCCF)cccc1[C@@H](C)Nc1nnc(C)c2sc(C(=O)C3(C)CCN(C(=O)C(C)O)CC3)cc12. The predicted molar refractivity (Wildman–Crippen MR) is 150 cm³/mol. The normalized spacial score (nSPS) is 16.9. The lowest BCUT2D eigenvalue weighted by molar-refractivity contribution is -0.141. The molecule has 204 valence electrons. The van der Waals surface area contributed by atoms with Crippen LogP contribution in [0, 0.1) is 19.3 Å². The van der Waals surface area contributed by atoms with Gasteiger partial charge >= 0.3 is 0 Å². The van der Waals surface area contributed by atoms with Crippen LogP contribution >= 0.6 is 11.3 Å². The van der Waals surface area contributed by atoms with E-state index in [4.69, 9.17) is 0 Å². The van der Waals surface area contributed by atoms with Gasteiger partial charge in [0.05, 0.1) is 28.0 Å². The van der Waals surface area contributed by atoms with Gasteiger partial charge in [-0.05, 0) is 76.1 Å². The molecule has 0 radical (unpaired) electrons. The molecule has 9 heteroatoms. The third kappa shape index (κ3) is 5.59. The van der Waals surface area contributed by atoms with Crippen molar-refractivity contribution < 1.29 is 19.1 Å². The molecule has 2 aromatic heterocycles. The first-order valence-electron chi connectivity index (χ1n) is 13.2. The number of aromatic nitrogens is 2. The van der Waals surface area contributed by atoms with Crippen LogP contribution in [0.5, 0.6) is 0 Å². The number of aliphatic hydroxyl groups is 1. The lowest BCUT2D eigenvalue weighted by atomic mass is 9.76. The first kappa shape index (κ1) is 28.1. The van der Waals surface area contributed by atoms with Gasteiger partial charge < -0.3 is 15.3 Å². The molecule has 4 rings (SSSR count). The average Bonchev–Trinajstić information content (AvgIpc) is 3.36. The fourth-order valence-electron chi connectivity index (χ4n) is 5.27. The first-order chi connectivity index (χ1) is 18.1. The second kappa shape index (κ2) is 11.5. The Bertz CT molecular complexity index is 1330. The zero-order valence-electron chi connectivity index (χ0n) is 22.8. The van der Waals surface area contributed by atoms with Gasteiger partial charge in [-0.2, -0.15) is 5.10 Å². The Kier molecular flexibility index (Phi) is 8.47. The van der Waals surface area contributed by atoms with Crippen LogP contribution in [-0.2, 0) is 11.2 Å². The maximum atomic E-state index is 13.7. The van der Waals surface area contributed by atoms with Gasteiger partial charge in [0.25, 0.3) is 5.91 Å². The standard InChI is InChI=1S/C29H37FN4O3S/c1-17-21(9-7-13-30)8-6-10-22(17)18(2)31-27-23-16-24(38-25(23)19(3)32-33-27)26(36)29(5)11-14-34(15-12-29)28(37)20(4)35/h6,8,10,16,18,20,35H,7,9,11-15H2,1-5H3,(H,31,33)/t18-,20?/m1/s1. The third-order valence-electron chi connectivity index (χ3n) is 7.81. The summed E-state index contributed by atoms with van der Waals surface area (Å²) >= 11 is 1.44. The zero-order chi connectivity index (χ0) is 27.6. The number of alkyl halides is 1. The molecule has 2 N–H and O–H groups in total. The van der Waals surface area contributed by atoms with Crippen LogP contribution in [0.4, 0.5) is 10.2 Å². The molecular weight excluding hydrogens is 503 g/mol. The Labute approximate surface area is 227 Å². The molecule has 0 saturated carbocycles. The number of aryl methyl sites for hydroxylation is 2. The number of aliphatic hydroxyl groups excluding tert-OH is 1. The summed E-state index contributed by atoms with van der Waals surface area (Å²) < 4.78 is 13.7. The fraction of sp³-hybridized carbons (Fsp3) is 0.517. The molecule has 1 fully saturated rings. The number of nitrogens with zero attached hydrogens (tertiary/aromatic N) is 3. The Balaban J connectivity index is 1.57. The van der Waals surface area contributed by atoms with E-state index < -0.39 is 11.5 Å². The molecule has 0 bridgehead atoms. The van der Waals surface area contributed by atoms with Crippen molar-refractivity contribution in [3.8, 4) is 0 Å². The number of carbonyl (C=O) groups excluding carboxylic acids is 2. The quantitative estimate of drug-likeness (QED) is 0.344. The number of likely N-dealkylation sites (tertiary alicyclic amines) is 1. The van der Waals surface area contributed by atoms with Crippen LogP contribution in [0.3, 0.4) is 0 Å². The number of hydrogen-bond acceptors (Lipinski definition) is 7. The van der Waals surface area contributed by atoms with Crippen molar-refractivity contribution in [2.24, 2.45) is 5.41 Å². The molecule has 1 unspecified atom stereocenters. The summed E-state index contributed by atoms with van der Waals surface area (Å²) in [6.07, 6.45) is 1.28. The molecule has 3 aromatic rings. The highest BCUT2D eigenvalue weighted by Gasteiger charge is 2.39. The van der Waals surface area contributed by atoms with Crippen molar-refractivity contribution in [3.05, 3.63) is 51.5 Å². The van der Waals surface area contributed by atoms with Crippen LogP contribution < -0.4 is 5.32 Å². The van der Waals surface area contributed by atoms with Gasteiger partial charge in [-0.3, -0.25) is 14.0 Å². The van der Waals surface area contributed by atoms with Crippen molar-refractivity contribution in [3.63, 3.8) is 0 Å². The summed E-state index contributed by atoms with van der Waals surface area (Å²) in [5.74, 6) is 0.407. The Hall–Kier alpha value is -2.91. The maximum Gasteiger partial charge on any atom is 0.251 e. The number of fused-ring (bicyclic) bond motifs is 1. The Morgan fingerprint density at radius 1 is 1.21 bits per heavy atom. The molecule has 2 atom stereocenters. The number of piperidine rings is 1. The number of hydrogen-bond donors (Lipinski definition) is 2. The number of thiophene rings is 1. The van der Waals surface area contributed by atoms with Crippen molar-refractivity contribution in [1.82, 2.24) is 15.1 Å². The molecule has 1 aromatic carbocycles. The largest absolute Gasteiger partial charge is 0.384 e. The fourth-order valence-corrected chi connectivity index (χ4v) is 6.46. The van der Waals surface area contributed by atoms with Crippen LogP contribution in [0.25, 0.3) is 10.1 Å². The molecule has 1 saturated heterocycles. The average molecular weight is 541 g/mol. The number of ketones is 1. The summed E-state index contributed by atoms with van der Waals surface area (Å²) in [5.41, 5.74) is 3.60. The molecule has 1 aliphatic rings. The van der Waals surface area contributed by atoms with Crippen molar-refractivity contribution in [2.45, 2.75) is 72.4 Å². The minimum Gasteiger partial charge on any atom is -0.384 e. The number of nitrogens with one attached hydrogen (secondary N) is 1. The lowest BCUT2D eigenvalue weighted by Crippen LogP contribution is -2.47. The number of rotatable bonds is 9. The summed E-state index contributed by atoms with van der Waals surface area (Å²) in [6, 6.07) is 7.98. The highest BCUT2D eigenvalue weighted by Crippen LogP contribution is 2.40. The number of anilines is 1. The van der Waals surface area contributed by atoms with Crippen molar-refractivity contribution in [2.75, 3.05) is 25.1 Å². The highest BCUT2D eigenvalue weighted by molar-refractivity contribution is 7.21. The van der Waals surface area contributed by atoms with E-state index in [1.165, 1.54) is 18.3 Å². The van der Waals surface area contributed by atoms with Crippen molar-refractivity contribution >= 4 is 38.9 Å². The smallest absolute Gasteiger partial charge is 0.251 e. The molecule has 0 aliphatic carbocycles. The summed E-state index contributed by atoms with van der Waals surface area (Å²) in [7, 11) is 0. The number of halogens is 1. The number of benzene rings is 1. The Morgan fingerprint density at radius 3 is 2.58 bits per heavy atom. The van der Waals surface area contributed by atoms with Gasteiger partial charge in [0, 0.05) is 23.9 Å². The van der Waals surface area contributed by atoms with E-state index >= 15 is 0 Å². The highest BCUT2D eigenvalue weighted by atomic mass is 32.1. The molecule has 7 nitrogen and oxygen atoms in total. The van der Waals surface area contributed by atoms with Gasteiger partial charge in [0.1, 0.15) is 6.10 Å². The van der Waals surface area contributed by atoms with E-state index in [-0.39, 0.29) is 24.4 Å². The minimum absolute atomic E-state index is 0.0621. The summed E-state index contributed by atoms with van der Waals surface area (Å²) in [6.45, 7) is 10.0. The molecule has 3 heterocycles. The number of amides is 1. The van der Waals surface area contributed by atoms with E-state index in [1.54, 1.807) is 4.90 Å². The van der Waals surface area contributed by atoms with Crippen LogP contribution in [0.2, 0.25) is 0 Å². The number of carbonyl (C=O) groups is 2. The second-order valence-corrected chi connectivity index (χ2v) is 11.7. The number of Topliss-reactive ketones (excluding diaryl/α,β-unsaturated/α-hetero) is 1. The topological polar surface area (TPSA) is 95.4 Å². The van der Waals surface area contributed by atoms with E-state index in [9.17, 15) is 19.1 Å². The van der Waals surface area contributed by atoms with E-state index in [0.717, 1.165) is 32.5 Å². The predicted octanol–water partition coefficient (Wildman–Crippen LogP) is 5.58. The monoisotopic (exact) mass is 540 g/mol. The Morgan fingerprint density at radius 2 is 1.92 bits per heavy atom. The van der Waals surface area contributed by atoms with Gasteiger partial charge in [-0.15, -0.1) is 16.4 Å². The molecule has 1 amide bonds.